The third-order valence-corrected chi connectivity index (χ3v) is 7.83. The summed E-state index contributed by atoms with van der Waals surface area (Å²) in [5, 5.41) is 16.2. The van der Waals surface area contributed by atoms with Gasteiger partial charge in [-0.2, -0.15) is 5.26 Å². The van der Waals surface area contributed by atoms with Crippen LogP contribution in [0.3, 0.4) is 0 Å². The lowest BCUT2D eigenvalue weighted by molar-refractivity contribution is -0.125. The summed E-state index contributed by atoms with van der Waals surface area (Å²) in [6.45, 7) is 3.30. The maximum atomic E-state index is 13.6. The molecule has 1 atom stereocenters. The average Bonchev–Trinajstić information content (AvgIpc) is 2.94. The predicted molar refractivity (Wildman–Crippen MR) is 137 cm³/mol. The number of amides is 3. The summed E-state index contributed by atoms with van der Waals surface area (Å²) in [7, 11) is 1.65. The molecule has 1 aromatic carbocycles. The third kappa shape index (κ3) is 6.41. The molecule has 196 valence electrons. The van der Waals surface area contributed by atoms with Gasteiger partial charge in [0.15, 0.2) is 0 Å². The lowest BCUT2D eigenvalue weighted by Gasteiger charge is -2.40. The zero-order chi connectivity index (χ0) is 25.4. The van der Waals surface area contributed by atoms with Crippen LogP contribution in [0.1, 0.15) is 51.4 Å². The van der Waals surface area contributed by atoms with Gasteiger partial charge in [-0.3, -0.25) is 4.79 Å². The highest BCUT2D eigenvalue weighted by Gasteiger charge is 2.39. The number of hydrogen-bond donors (Lipinski definition) is 2. The van der Waals surface area contributed by atoms with Crippen molar-refractivity contribution in [2.75, 3.05) is 51.4 Å². The first-order chi connectivity index (χ1) is 17.5. The highest BCUT2D eigenvalue weighted by atomic mass is 16.5. The number of piperidine rings is 1. The number of para-hydroxylation sites is 2. The molecule has 1 aromatic rings. The number of nitriles is 1. The van der Waals surface area contributed by atoms with Crippen molar-refractivity contribution in [1.29, 1.82) is 5.26 Å². The molecule has 3 fully saturated rings. The molecule has 9 heteroatoms. The minimum Gasteiger partial charge on any atom is -0.495 e. The third-order valence-electron chi connectivity index (χ3n) is 7.83. The van der Waals surface area contributed by atoms with Crippen molar-refractivity contribution in [2.45, 2.75) is 62.9 Å². The van der Waals surface area contributed by atoms with E-state index in [1.165, 1.54) is 6.42 Å². The fourth-order valence-corrected chi connectivity index (χ4v) is 5.60. The highest BCUT2D eigenvalue weighted by molar-refractivity contribution is 5.88. The van der Waals surface area contributed by atoms with Crippen LogP contribution < -0.4 is 20.3 Å². The lowest BCUT2D eigenvalue weighted by atomic mass is 9.84. The Hall–Kier alpha value is -2.99. The minimum absolute atomic E-state index is 0.230. The summed E-state index contributed by atoms with van der Waals surface area (Å²) < 4.78 is 10.9. The molecule has 1 unspecified atom stereocenters. The summed E-state index contributed by atoms with van der Waals surface area (Å²) >= 11 is 0. The SMILES string of the molecule is COc1ccccc1N1CCC(C#N)(NC(=O)C(CC2CCCCC2)NC(=O)N2CCOCC2)CC1. The molecule has 0 aromatic heterocycles. The Balaban J connectivity index is 1.42. The Morgan fingerprint density at radius 3 is 2.50 bits per heavy atom. The maximum Gasteiger partial charge on any atom is 0.318 e. The minimum atomic E-state index is -0.954. The quantitative estimate of drug-likeness (QED) is 0.600. The van der Waals surface area contributed by atoms with E-state index in [4.69, 9.17) is 9.47 Å². The van der Waals surface area contributed by atoms with Crippen LogP contribution >= 0.6 is 0 Å². The molecule has 2 heterocycles. The van der Waals surface area contributed by atoms with Gasteiger partial charge in [0.1, 0.15) is 17.3 Å². The first-order valence-electron chi connectivity index (χ1n) is 13.3. The van der Waals surface area contributed by atoms with Gasteiger partial charge < -0.3 is 29.9 Å². The van der Waals surface area contributed by atoms with Crippen molar-refractivity contribution in [3.05, 3.63) is 24.3 Å². The molecule has 1 aliphatic carbocycles. The summed E-state index contributed by atoms with van der Waals surface area (Å²) in [4.78, 5) is 30.4. The monoisotopic (exact) mass is 497 g/mol. The second-order valence-electron chi connectivity index (χ2n) is 10.2. The molecule has 2 N–H and O–H groups in total. The van der Waals surface area contributed by atoms with Gasteiger partial charge >= 0.3 is 6.03 Å². The zero-order valence-electron chi connectivity index (χ0n) is 21.3. The van der Waals surface area contributed by atoms with Crippen molar-refractivity contribution >= 4 is 17.6 Å². The van der Waals surface area contributed by atoms with Crippen LogP contribution in [-0.2, 0) is 9.53 Å². The van der Waals surface area contributed by atoms with Crippen LogP contribution in [0.4, 0.5) is 10.5 Å². The smallest absolute Gasteiger partial charge is 0.318 e. The molecule has 0 bridgehead atoms. The maximum absolute atomic E-state index is 13.6. The number of nitrogens with one attached hydrogen (secondary N) is 2. The number of anilines is 1. The van der Waals surface area contributed by atoms with Gasteiger partial charge in [0, 0.05) is 39.0 Å². The van der Waals surface area contributed by atoms with E-state index in [9.17, 15) is 14.9 Å². The number of benzene rings is 1. The van der Waals surface area contributed by atoms with Gasteiger partial charge in [0.25, 0.3) is 0 Å². The predicted octanol–water partition coefficient (Wildman–Crippen LogP) is 3.05. The van der Waals surface area contributed by atoms with Crippen molar-refractivity contribution in [3.8, 4) is 11.8 Å². The van der Waals surface area contributed by atoms with E-state index in [-0.39, 0.29) is 11.9 Å². The van der Waals surface area contributed by atoms with Crippen molar-refractivity contribution in [1.82, 2.24) is 15.5 Å². The van der Waals surface area contributed by atoms with Gasteiger partial charge in [-0.1, -0.05) is 44.2 Å². The number of nitrogens with zero attached hydrogens (tertiary/aromatic N) is 3. The van der Waals surface area contributed by atoms with Crippen LogP contribution in [-0.4, -0.2) is 74.9 Å². The largest absolute Gasteiger partial charge is 0.495 e. The van der Waals surface area contributed by atoms with E-state index < -0.39 is 11.6 Å². The summed E-state index contributed by atoms with van der Waals surface area (Å²) in [5.74, 6) is 0.948. The fraction of sp³-hybridized carbons (Fsp3) is 0.667. The van der Waals surface area contributed by atoms with Gasteiger partial charge in [0.2, 0.25) is 5.91 Å². The molecule has 3 amide bonds. The first-order valence-corrected chi connectivity index (χ1v) is 13.3. The van der Waals surface area contributed by atoms with Gasteiger partial charge in [0.05, 0.1) is 32.1 Å². The molecule has 3 aliphatic rings. The van der Waals surface area contributed by atoms with E-state index in [0.29, 0.717) is 64.6 Å². The Bertz CT molecular complexity index is 928. The van der Waals surface area contributed by atoms with Crippen LogP contribution in [0, 0.1) is 17.2 Å². The molecular formula is C27H39N5O4. The normalized spacial score (nSPS) is 21.2. The topological polar surface area (TPSA) is 107 Å². The number of ether oxygens (including phenoxy) is 2. The molecule has 2 aliphatic heterocycles. The lowest BCUT2D eigenvalue weighted by Crippen LogP contribution is -2.60. The van der Waals surface area contributed by atoms with Gasteiger partial charge in [-0.05, 0) is 24.5 Å². The number of carbonyl (C=O) groups is 2. The summed E-state index contributed by atoms with van der Waals surface area (Å²) in [5.41, 5.74) is 0.0372. The van der Waals surface area contributed by atoms with Crippen LogP contribution in [0.25, 0.3) is 0 Å². The molecular weight excluding hydrogens is 458 g/mol. The van der Waals surface area contributed by atoms with Crippen LogP contribution in [0.15, 0.2) is 24.3 Å². The van der Waals surface area contributed by atoms with E-state index in [1.807, 2.05) is 24.3 Å². The summed E-state index contributed by atoms with van der Waals surface area (Å²) in [6.07, 6.45) is 7.32. The van der Waals surface area contributed by atoms with Crippen molar-refractivity contribution < 1.29 is 19.1 Å². The number of rotatable bonds is 7. The molecule has 0 radical (unpaired) electrons. The molecule has 0 spiro atoms. The Morgan fingerprint density at radius 1 is 1.14 bits per heavy atom. The molecule has 1 saturated carbocycles. The number of hydrogen-bond acceptors (Lipinski definition) is 6. The average molecular weight is 498 g/mol. The Morgan fingerprint density at radius 2 is 1.83 bits per heavy atom. The molecule has 4 rings (SSSR count). The molecule has 36 heavy (non-hydrogen) atoms. The Labute approximate surface area is 214 Å². The second kappa shape index (κ2) is 12.3. The number of urea groups is 1. The van der Waals surface area contributed by atoms with Crippen LogP contribution in [0.2, 0.25) is 0 Å². The Kier molecular flexibility index (Phi) is 8.92. The van der Waals surface area contributed by atoms with E-state index in [0.717, 1.165) is 37.1 Å². The molecule has 2 saturated heterocycles. The zero-order valence-corrected chi connectivity index (χ0v) is 21.3. The fourth-order valence-electron chi connectivity index (χ4n) is 5.60. The standard InChI is InChI=1S/C27H39N5O4/c1-35-24-10-6-5-9-23(24)31-13-11-27(20-28,12-14-31)30-25(33)22(19-21-7-3-2-4-8-21)29-26(34)32-15-17-36-18-16-32/h5-6,9-10,21-22H,2-4,7-8,11-19H2,1H3,(H,29,34)(H,30,33). The molecule has 9 nitrogen and oxygen atoms in total. The number of methoxy groups -OCH3 is 1. The van der Waals surface area contributed by atoms with Crippen LogP contribution in [0.5, 0.6) is 5.75 Å². The number of morpholine rings is 1. The first kappa shape index (κ1) is 26.1. The van der Waals surface area contributed by atoms with Crippen molar-refractivity contribution in [2.24, 2.45) is 5.92 Å². The second-order valence-corrected chi connectivity index (χ2v) is 10.2. The summed E-state index contributed by atoms with van der Waals surface area (Å²) in [6, 6.07) is 9.36. The van der Waals surface area contributed by atoms with E-state index >= 15 is 0 Å². The van der Waals surface area contributed by atoms with Crippen molar-refractivity contribution in [3.63, 3.8) is 0 Å². The van der Waals surface area contributed by atoms with Gasteiger partial charge in [-0.15, -0.1) is 0 Å². The van der Waals surface area contributed by atoms with Gasteiger partial charge in [-0.25, -0.2) is 4.79 Å². The highest BCUT2D eigenvalue weighted by Crippen LogP contribution is 2.33. The number of carbonyl (C=O) groups excluding carboxylic acids is 2. The van der Waals surface area contributed by atoms with E-state index in [1.54, 1.807) is 12.0 Å². The van der Waals surface area contributed by atoms with E-state index in [2.05, 4.69) is 21.6 Å².